The normalized spacial score (nSPS) is 19.6. The molecule has 0 spiro atoms. The molecule has 0 bridgehead atoms. The molecule has 0 aliphatic carbocycles. The lowest BCUT2D eigenvalue weighted by Gasteiger charge is -2.23. The average molecular weight is 420 g/mol. The van der Waals surface area contributed by atoms with Gasteiger partial charge in [0.05, 0.1) is 18.1 Å². The Morgan fingerprint density at radius 2 is 1.76 bits per heavy atom. The van der Waals surface area contributed by atoms with Gasteiger partial charge in [0.2, 0.25) is 15.9 Å². The van der Waals surface area contributed by atoms with Crippen molar-refractivity contribution in [2.45, 2.75) is 30.2 Å². The van der Waals surface area contributed by atoms with E-state index < -0.39 is 27.8 Å². The lowest BCUT2D eigenvalue weighted by molar-refractivity contribution is -0.119. The Labute approximate surface area is 168 Å². The fourth-order valence-electron chi connectivity index (χ4n) is 3.50. The standard InChI is InChI=1S/C20H21FN2O5S/c21-14-4-7-16(8-5-14)29(25,26)23-10-1-3-17(23)20(24)22-15-6-9-18-19(13-15)28-12-2-11-27-18/h4-9,13,17H,1-3,10-12H2,(H,22,24). The first kappa shape index (κ1) is 19.7. The van der Waals surface area contributed by atoms with Gasteiger partial charge in [0, 0.05) is 24.7 Å². The highest BCUT2D eigenvalue weighted by Gasteiger charge is 2.39. The molecule has 4 rings (SSSR count). The zero-order valence-electron chi connectivity index (χ0n) is 15.6. The number of amides is 1. The smallest absolute Gasteiger partial charge is 0.243 e. The Morgan fingerprint density at radius 3 is 2.52 bits per heavy atom. The number of benzene rings is 2. The van der Waals surface area contributed by atoms with Crippen molar-refractivity contribution < 1.29 is 27.1 Å². The van der Waals surface area contributed by atoms with Crippen LogP contribution in [0, 0.1) is 5.82 Å². The van der Waals surface area contributed by atoms with Gasteiger partial charge in [0.25, 0.3) is 0 Å². The zero-order valence-corrected chi connectivity index (χ0v) is 16.5. The number of fused-ring (bicyclic) bond motifs is 1. The zero-order chi connectivity index (χ0) is 20.4. The second-order valence-electron chi connectivity index (χ2n) is 6.93. The number of carbonyl (C=O) groups excluding carboxylic acids is 1. The molecule has 7 nitrogen and oxygen atoms in total. The summed E-state index contributed by atoms with van der Waals surface area (Å²) in [5, 5.41) is 2.78. The van der Waals surface area contributed by atoms with Crippen LogP contribution in [0.1, 0.15) is 19.3 Å². The molecule has 1 N–H and O–H groups in total. The van der Waals surface area contributed by atoms with E-state index in [2.05, 4.69) is 5.32 Å². The van der Waals surface area contributed by atoms with Gasteiger partial charge in [-0.2, -0.15) is 4.31 Å². The SMILES string of the molecule is O=C(Nc1ccc2c(c1)OCCCO2)C1CCCN1S(=O)(=O)c1ccc(F)cc1. The summed E-state index contributed by atoms with van der Waals surface area (Å²) in [7, 11) is -3.90. The van der Waals surface area contributed by atoms with Gasteiger partial charge in [-0.15, -0.1) is 0 Å². The van der Waals surface area contributed by atoms with Crippen molar-refractivity contribution >= 4 is 21.6 Å². The number of nitrogens with one attached hydrogen (secondary N) is 1. The van der Waals surface area contributed by atoms with Gasteiger partial charge in [-0.1, -0.05) is 0 Å². The molecule has 1 fully saturated rings. The number of nitrogens with zero attached hydrogens (tertiary/aromatic N) is 1. The molecule has 1 atom stereocenters. The maximum absolute atomic E-state index is 13.2. The summed E-state index contributed by atoms with van der Waals surface area (Å²) < 4.78 is 51.4. The van der Waals surface area contributed by atoms with E-state index in [0.717, 1.165) is 18.6 Å². The largest absolute Gasteiger partial charge is 0.490 e. The molecule has 2 aromatic rings. The number of ether oxygens (including phenoxy) is 2. The highest BCUT2D eigenvalue weighted by molar-refractivity contribution is 7.89. The minimum absolute atomic E-state index is 0.0332. The summed E-state index contributed by atoms with van der Waals surface area (Å²) >= 11 is 0. The molecule has 154 valence electrons. The topological polar surface area (TPSA) is 84.9 Å². The van der Waals surface area contributed by atoms with Crippen LogP contribution in [0.25, 0.3) is 0 Å². The first-order valence-corrected chi connectivity index (χ1v) is 10.9. The minimum Gasteiger partial charge on any atom is -0.490 e. The predicted molar refractivity (Wildman–Crippen MR) is 104 cm³/mol. The third-order valence-electron chi connectivity index (χ3n) is 4.94. The van der Waals surface area contributed by atoms with Crippen molar-refractivity contribution in [1.82, 2.24) is 4.31 Å². The van der Waals surface area contributed by atoms with Crippen molar-refractivity contribution in [3.8, 4) is 11.5 Å². The second-order valence-corrected chi connectivity index (χ2v) is 8.82. The van der Waals surface area contributed by atoms with E-state index in [-0.39, 0.29) is 11.4 Å². The maximum atomic E-state index is 13.2. The number of rotatable bonds is 4. The van der Waals surface area contributed by atoms with Gasteiger partial charge in [-0.25, -0.2) is 12.8 Å². The van der Waals surface area contributed by atoms with Gasteiger partial charge in [0.1, 0.15) is 11.9 Å². The molecule has 29 heavy (non-hydrogen) atoms. The summed E-state index contributed by atoms with van der Waals surface area (Å²) in [6.45, 7) is 1.33. The van der Waals surface area contributed by atoms with Crippen LogP contribution in [-0.4, -0.2) is 44.4 Å². The minimum atomic E-state index is -3.90. The molecule has 0 aromatic heterocycles. The first-order valence-electron chi connectivity index (χ1n) is 9.43. The Kier molecular flexibility index (Phi) is 5.42. The predicted octanol–water partition coefficient (Wildman–Crippen LogP) is 2.78. The van der Waals surface area contributed by atoms with Gasteiger partial charge in [-0.05, 0) is 49.2 Å². The van der Waals surface area contributed by atoms with Crippen LogP contribution in [0.2, 0.25) is 0 Å². The van der Waals surface area contributed by atoms with Gasteiger partial charge < -0.3 is 14.8 Å². The summed E-state index contributed by atoms with van der Waals surface area (Å²) in [4.78, 5) is 12.8. The number of carbonyl (C=O) groups is 1. The second kappa shape index (κ2) is 8.00. The van der Waals surface area contributed by atoms with Crippen molar-refractivity contribution in [3.63, 3.8) is 0 Å². The number of hydrogen-bond donors (Lipinski definition) is 1. The molecule has 1 unspecified atom stereocenters. The number of anilines is 1. The molecule has 2 aliphatic rings. The van der Waals surface area contributed by atoms with Crippen molar-refractivity contribution in [2.75, 3.05) is 25.1 Å². The van der Waals surface area contributed by atoms with Crippen LogP contribution >= 0.6 is 0 Å². The quantitative estimate of drug-likeness (QED) is 0.822. The van der Waals surface area contributed by atoms with Crippen molar-refractivity contribution in [2.24, 2.45) is 0 Å². The highest BCUT2D eigenvalue weighted by atomic mass is 32.2. The van der Waals surface area contributed by atoms with Crippen LogP contribution in [0.5, 0.6) is 11.5 Å². The monoisotopic (exact) mass is 420 g/mol. The van der Waals surface area contributed by atoms with Gasteiger partial charge in [-0.3, -0.25) is 4.79 Å². The summed E-state index contributed by atoms with van der Waals surface area (Å²) in [5.74, 6) is 0.223. The van der Waals surface area contributed by atoms with E-state index in [1.165, 1.54) is 16.4 Å². The molecule has 0 saturated carbocycles. The third-order valence-corrected chi connectivity index (χ3v) is 6.86. The molecule has 2 aliphatic heterocycles. The maximum Gasteiger partial charge on any atom is 0.243 e. The average Bonchev–Trinajstić information content (AvgIpc) is 3.09. The fraction of sp³-hybridized carbons (Fsp3) is 0.350. The van der Waals surface area contributed by atoms with Crippen molar-refractivity contribution in [1.29, 1.82) is 0 Å². The summed E-state index contributed by atoms with van der Waals surface area (Å²) in [5.41, 5.74) is 0.505. The van der Waals surface area contributed by atoms with E-state index in [0.29, 0.717) is 43.2 Å². The van der Waals surface area contributed by atoms with Gasteiger partial charge >= 0.3 is 0 Å². The fourth-order valence-corrected chi connectivity index (χ4v) is 5.15. The molecule has 2 aromatic carbocycles. The van der Waals surface area contributed by atoms with E-state index in [9.17, 15) is 17.6 Å². The van der Waals surface area contributed by atoms with E-state index >= 15 is 0 Å². The van der Waals surface area contributed by atoms with Crippen LogP contribution in [-0.2, 0) is 14.8 Å². The lowest BCUT2D eigenvalue weighted by atomic mass is 10.2. The molecule has 9 heteroatoms. The molecule has 1 amide bonds. The number of sulfonamides is 1. The molecule has 1 saturated heterocycles. The molecular weight excluding hydrogens is 399 g/mol. The van der Waals surface area contributed by atoms with Crippen LogP contribution in [0.15, 0.2) is 47.4 Å². The molecule has 0 radical (unpaired) electrons. The van der Waals surface area contributed by atoms with Crippen LogP contribution in [0.3, 0.4) is 0 Å². The third kappa shape index (κ3) is 4.06. The summed E-state index contributed by atoms with van der Waals surface area (Å²) in [6.07, 6.45) is 1.76. The Bertz CT molecular complexity index is 1010. The Morgan fingerprint density at radius 1 is 1.03 bits per heavy atom. The van der Waals surface area contributed by atoms with Crippen LogP contribution < -0.4 is 14.8 Å². The van der Waals surface area contributed by atoms with Crippen molar-refractivity contribution in [3.05, 3.63) is 48.3 Å². The van der Waals surface area contributed by atoms with E-state index in [1.807, 2.05) is 0 Å². The van der Waals surface area contributed by atoms with Crippen LogP contribution in [0.4, 0.5) is 10.1 Å². The van der Waals surface area contributed by atoms with E-state index in [4.69, 9.17) is 9.47 Å². The Hall–Kier alpha value is -2.65. The molecular formula is C20H21FN2O5S. The highest BCUT2D eigenvalue weighted by Crippen LogP contribution is 2.33. The van der Waals surface area contributed by atoms with Gasteiger partial charge in [0.15, 0.2) is 11.5 Å². The lowest BCUT2D eigenvalue weighted by Crippen LogP contribution is -2.43. The number of halogens is 1. The summed E-state index contributed by atoms with van der Waals surface area (Å²) in [6, 6.07) is 8.86. The van der Waals surface area contributed by atoms with E-state index in [1.54, 1.807) is 18.2 Å². The molecule has 2 heterocycles. The Balaban J connectivity index is 1.52. The number of hydrogen-bond acceptors (Lipinski definition) is 5. The first-order chi connectivity index (χ1) is 13.9.